The van der Waals surface area contributed by atoms with Crippen LogP contribution < -0.4 is 0 Å². The Hall–Kier alpha value is -1.90. The third-order valence-corrected chi connectivity index (χ3v) is 8.10. The summed E-state index contributed by atoms with van der Waals surface area (Å²) in [6.45, 7) is 18.0. The molecule has 202 valence electrons. The minimum atomic E-state index is -2.72. The third-order valence-electron chi connectivity index (χ3n) is 8.10. The van der Waals surface area contributed by atoms with Gasteiger partial charge in [0.05, 0.1) is 0 Å². The van der Waals surface area contributed by atoms with Crippen LogP contribution in [0, 0.1) is 17.8 Å². The van der Waals surface area contributed by atoms with E-state index >= 15 is 0 Å². The van der Waals surface area contributed by atoms with Crippen LogP contribution in [0.2, 0.25) is 0 Å². The molecule has 36 heavy (non-hydrogen) atoms. The lowest BCUT2D eigenvalue weighted by Gasteiger charge is -2.44. The van der Waals surface area contributed by atoms with Crippen LogP contribution in [0.4, 0.5) is 8.78 Å². The SMILES string of the molecule is C=C(C/C=C\C(=C/CC)[C@@H](C)C(C)(F)F)N(C1CC1)[C@H]1CCC(C(/C=C\C)=C/C=C(\C)CC)CC1C. The van der Waals surface area contributed by atoms with E-state index in [0.29, 0.717) is 23.9 Å². The largest absolute Gasteiger partial charge is 0.369 e. The van der Waals surface area contributed by atoms with Crippen LogP contribution in [-0.4, -0.2) is 22.9 Å². The molecule has 0 radical (unpaired) electrons. The van der Waals surface area contributed by atoms with Crippen LogP contribution in [-0.2, 0) is 0 Å². The molecule has 2 rings (SSSR count). The van der Waals surface area contributed by atoms with Crippen molar-refractivity contribution in [3.8, 4) is 0 Å². The van der Waals surface area contributed by atoms with Gasteiger partial charge >= 0.3 is 0 Å². The summed E-state index contributed by atoms with van der Waals surface area (Å²) >= 11 is 0. The summed E-state index contributed by atoms with van der Waals surface area (Å²) in [7, 11) is 0. The highest BCUT2D eigenvalue weighted by Crippen LogP contribution is 2.42. The maximum absolute atomic E-state index is 13.9. The minimum Gasteiger partial charge on any atom is -0.369 e. The molecule has 0 aromatic heterocycles. The number of halogens is 2. The lowest BCUT2D eigenvalue weighted by atomic mass is 9.74. The Morgan fingerprint density at radius 1 is 1.11 bits per heavy atom. The van der Waals surface area contributed by atoms with E-state index in [-0.39, 0.29) is 0 Å². The molecule has 0 heterocycles. The number of hydrogen-bond acceptors (Lipinski definition) is 1. The Kier molecular flexibility index (Phi) is 11.9. The molecule has 0 aromatic carbocycles. The topological polar surface area (TPSA) is 3.24 Å². The highest BCUT2D eigenvalue weighted by Gasteiger charge is 2.39. The summed E-state index contributed by atoms with van der Waals surface area (Å²) in [6, 6.07) is 1.11. The number of rotatable bonds is 13. The first-order valence-corrected chi connectivity index (χ1v) is 14.2. The first-order chi connectivity index (χ1) is 17.0. The lowest BCUT2D eigenvalue weighted by molar-refractivity contribution is -0.0172. The van der Waals surface area contributed by atoms with Crippen LogP contribution in [0.3, 0.4) is 0 Å². The van der Waals surface area contributed by atoms with Crippen molar-refractivity contribution in [3.63, 3.8) is 0 Å². The summed E-state index contributed by atoms with van der Waals surface area (Å²) in [5.74, 6) is -2.32. The Labute approximate surface area is 220 Å². The van der Waals surface area contributed by atoms with Gasteiger partial charge < -0.3 is 4.90 Å². The first-order valence-electron chi connectivity index (χ1n) is 14.2. The molecule has 0 amide bonds. The van der Waals surface area contributed by atoms with E-state index in [2.05, 4.69) is 63.5 Å². The van der Waals surface area contributed by atoms with Gasteiger partial charge in [-0.05, 0) is 88.7 Å². The van der Waals surface area contributed by atoms with Crippen molar-refractivity contribution in [2.24, 2.45) is 17.8 Å². The average molecular weight is 500 g/mol. The van der Waals surface area contributed by atoms with Gasteiger partial charge in [-0.1, -0.05) is 82.4 Å². The summed E-state index contributed by atoms with van der Waals surface area (Å²) < 4.78 is 27.9. The first kappa shape index (κ1) is 30.3. The van der Waals surface area contributed by atoms with Crippen LogP contribution in [0.25, 0.3) is 0 Å². The van der Waals surface area contributed by atoms with Crippen molar-refractivity contribution >= 4 is 0 Å². The molecule has 0 aromatic rings. The van der Waals surface area contributed by atoms with Gasteiger partial charge in [-0.15, -0.1) is 0 Å². The van der Waals surface area contributed by atoms with Crippen LogP contribution in [0.1, 0.15) is 99.8 Å². The van der Waals surface area contributed by atoms with Crippen LogP contribution in [0.5, 0.6) is 0 Å². The average Bonchev–Trinajstić information content (AvgIpc) is 3.66. The van der Waals surface area contributed by atoms with E-state index in [9.17, 15) is 8.78 Å². The summed E-state index contributed by atoms with van der Waals surface area (Å²) in [6.07, 6.45) is 23.6. The zero-order valence-corrected chi connectivity index (χ0v) is 24.0. The second kappa shape index (κ2) is 14.1. The molecule has 2 aliphatic rings. The minimum absolute atomic E-state index is 0.513. The monoisotopic (exact) mass is 499 g/mol. The van der Waals surface area contributed by atoms with Gasteiger partial charge in [-0.25, -0.2) is 8.78 Å². The maximum Gasteiger partial charge on any atom is 0.251 e. The lowest BCUT2D eigenvalue weighted by Crippen LogP contribution is -2.43. The molecule has 3 heteroatoms. The van der Waals surface area contributed by atoms with Gasteiger partial charge in [-0.3, -0.25) is 0 Å². The predicted molar refractivity (Wildman–Crippen MR) is 153 cm³/mol. The zero-order valence-electron chi connectivity index (χ0n) is 24.0. The second-order valence-electron chi connectivity index (χ2n) is 11.2. The van der Waals surface area contributed by atoms with E-state index < -0.39 is 11.8 Å². The normalized spacial score (nSPS) is 25.6. The molecular weight excluding hydrogens is 448 g/mol. The summed E-state index contributed by atoms with van der Waals surface area (Å²) in [5.41, 5.74) is 4.73. The fourth-order valence-electron chi connectivity index (χ4n) is 5.44. The molecule has 0 N–H and O–H groups in total. The smallest absolute Gasteiger partial charge is 0.251 e. The van der Waals surface area contributed by atoms with Crippen LogP contribution >= 0.6 is 0 Å². The summed E-state index contributed by atoms with van der Waals surface area (Å²) in [5, 5.41) is 0. The van der Waals surface area contributed by atoms with E-state index in [1.807, 2.05) is 25.2 Å². The van der Waals surface area contributed by atoms with Crippen molar-refractivity contribution in [1.82, 2.24) is 4.90 Å². The third kappa shape index (κ3) is 8.89. The van der Waals surface area contributed by atoms with Gasteiger partial charge in [0.15, 0.2) is 0 Å². The highest BCUT2D eigenvalue weighted by molar-refractivity contribution is 5.29. The Bertz CT molecular complexity index is 863. The van der Waals surface area contributed by atoms with Gasteiger partial charge in [-0.2, -0.15) is 0 Å². The zero-order chi connectivity index (χ0) is 26.9. The molecule has 0 saturated heterocycles. The van der Waals surface area contributed by atoms with Crippen molar-refractivity contribution in [3.05, 3.63) is 71.5 Å². The second-order valence-corrected chi connectivity index (χ2v) is 11.2. The molecule has 0 spiro atoms. The molecule has 2 saturated carbocycles. The standard InChI is InChI=1S/C33H51F2N/c1-9-13-28(27(7)33(8,34)35)16-12-15-26(6)36(31-20-21-31)32-22-19-30(23-25(32)5)29(14-10-2)18-17-24(4)11-3/h10,12-14,16-18,25,27,30-32H,6,9,11,15,19-23H2,1-5,7-8H3/b14-10-,16-12-,24-17+,28-13+,29-18+/t25?,27-,30?,32+/m1/s1. The van der Waals surface area contributed by atoms with Gasteiger partial charge in [0.25, 0.3) is 5.92 Å². The molecule has 2 unspecified atom stereocenters. The van der Waals surface area contributed by atoms with Gasteiger partial charge in [0, 0.05) is 30.1 Å². The van der Waals surface area contributed by atoms with Crippen LogP contribution in [0.15, 0.2) is 71.5 Å². The van der Waals surface area contributed by atoms with Crippen molar-refractivity contribution in [2.45, 2.75) is 118 Å². The molecule has 4 atom stereocenters. The van der Waals surface area contributed by atoms with Crippen molar-refractivity contribution in [1.29, 1.82) is 0 Å². The van der Waals surface area contributed by atoms with E-state index in [4.69, 9.17) is 0 Å². The van der Waals surface area contributed by atoms with E-state index in [1.54, 1.807) is 6.92 Å². The summed E-state index contributed by atoms with van der Waals surface area (Å²) in [4.78, 5) is 2.60. The number of alkyl halides is 2. The molecule has 0 bridgehead atoms. The molecule has 1 nitrogen and oxygen atoms in total. The highest BCUT2D eigenvalue weighted by atomic mass is 19.3. The molecule has 0 aliphatic heterocycles. The molecule has 2 fully saturated rings. The predicted octanol–water partition coefficient (Wildman–Crippen LogP) is 10.2. The Morgan fingerprint density at radius 3 is 2.33 bits per heavy atom. The van der Waals surface area contributed by atoms with Crippen molar-refractivity contribution < 1.29 is 8.78 Å². The number of allylic oxidation sites excluding steroid dienone is 10. The number of hydrogen-bond donors (Lipinski definition) is 0. The van der Waals surface area contributed by atoms with Gasteiger partial charge in [0.1, 0.15) is 0 Å². The van der Waals surface area contributed by atoms with Crippen molar-refractivity contribution in [2.75, 3.05) is 0 Å². The maximum atomic E-state index is 13.9. The van der Waals surface area contributed by atoms with Gasteiger partial charge in [0.2, 0.25) is 0 Å². The molecular formula is C33H51F2N. The van der Waals surface area contributed by atoms with E-state index in [0.717, 1.165) is 37.5 Å². The molecule has 2 aliphatic carbocycles. The quantitative estimate of drug-likeness (QED) is 0.228. The fraction of sp³-hybridized carbons (Fsp3) is 0.636. The number of nitrogens with zero attached hydrogens (tertiary/aromatic N) is 1. The van der Waals surface area contributed by atoms with E-state index in [1.165, 1.54) is 43.3 Å². The fourth-order valence-corrected chi connectivity index (χ4v) is 5.44. The Morgan fingerprint density at radius 2 is 1.81 bits per heavy atom. The Balaban J connectivity index is 2.10.